The second-order valence-corrected chi connectivity index (χ2v) is 4.00. The molecule has 0 spiro atoms. The Labute approximate surface area is 108 Å². The van der Waals surface area contributed by atoms with Crippen LogP contribution in [0, 0.1) is 0 Å². The van der Waals surface area contributed by atoms with Crippen molar-refractivity contribution in [1.82, 2.24) is 4.90 Å². The van der Waals surface area contributed by atoms with Gasteiger partial charge in [-0.15, -0.1) is 11.6 Å². The van der Waals surface area contributed by atoms with Gasteiger partial charge in [0.05, 0.1) is 11.1 Å². The Hall–Kier alpha value is -1.23. The maximum atomic E-state index is 12.8. The Morgan fingerprint density at radius 3 is 2.44 bits per heavy atom. The van der Waals surface area contributed by atoms with Crippen molar-refractivity contribution in [3.8, 4) is 0 Å². The number of halogens is 4. The first kappa shape index (κ1) is 14.8. The summed E-state index contributed by atoms with van der Waals surface area (Å²) < 4.78 is 38.3. The van der Waals surface area contributed by atoms with Crippen LogP contribution in [0.4, 0.5) is 13.2 Å². The maximum absolute atomic E-state index is 12.8. The zero-order valence-corrected chi connectivity index (χ0v) is 10.6. The highest BCUT2D eigenvalue weighted by atomic mass is 35.5. The van der Waals surface area contributed by atoms with Gasteiger partial charge in [0.1, 0.15) is 0 Å². The van der Waals surface area contributed by atoms with E-state index < -0.39 is 17.6 Å². The molecule has 0 radical (unpaired) electrons. The molecule has 1 aromatic rings. The van der Waals surface area contributed by atoms with Crippen molar-refractivity contribution in [2.75, 3.05) is 19.0 Å². The van der Waals surface area contributed by atoms with E-state index in [9.17, 15) is 18.0 Å². The van der Waals surface area contributed by atoms with Crippen molar-refractivity contribution in [3.05, 3.63) is 35.4 Å². The molecule has 0 fully saturated rings. The first-order chi connectivity index (χ1) is 8.41. The van der Waals surface area contributed by atoms with Crippen LogP contribution in [-0.2, 0) is 6.18 Å². The van der Waals surface area contributed by atoms with Gasteiger partial charge in [0.2, 0.25) is 0 Å². The van der Waals surface area contributed by atoms with E-state index >= 15 is 0 Å². The Morgan fingerprint density at radius 1 is 1.33 bits per heavy atom. The summed E-state index contributed by atoms with van der Waals surface area (Å²) in [6.45, 7) is 2.24. The lowest BCUT2D eigenvalue weighted by Crippen LogP contribution is -2.33. The summed E-state index contributed by atoms with van der Waals surface area (Å²) in [4.78, 5) is 13.3. The molecule has 0 saturated carbocycles. The third kappa shape index (κ3) is 3.38. The third-order valence-corrected chi connectivity index (χ3v) is 2.66. The van der Waals surface area contributed by atoms with Crippen molar-refractivity contribution in [2.24, 2.45) is 0 Å². The standard InChI is InChI=1S/C12H13ClF3NO/c1-2-17(8-7-13)11(18)9-5-3-4-6-10(9)12(14,15)16/h3-6H,2,7-8H2,1H3. The summed E-state index contributed by atoms with van der Waals surface area (Å²) in [5, 5.41) is 0. The van der Waals surface area contributed by atoms with Crippen LogP contribution < -0.4 is 0 Å². The molecule has 0 saturated heterocycles. The van der Waals surface area contributed by atoms with E-state index in [1.54, 1.807) is 6.92 Å². The lowest BCUT2D eigenvalue weighted by atomic mass is 10.1. The van der Waals surface area contributed by atoms with Crippen molar-refractivity contribution in [3.63, 3.8) is 0 Å². The summed E-state index contributed by atoms with van der Waals surface area (Å²) in [7, 11) is 0. The first-order valence-electron chi connectivity index (χ1n) is 5.43. The quantitative estimate of drug-likeness (QED) is 0.774. The monoisotopic (exact) mass is 279 g/mol. The van der Waals surface area contributed by atoms with Crippen LogP contribution in [0.1, 0.15) is 22.8 Å². The second-order valence-electron chi connectivity index (χ2n) is 3.62. The van der Waals surface area contributed by atoms with Gasteiger partial charge < -0.3 is 4.90 Å². The second kappa shape index (κ2) is 6.09. The van der Waals surface area contributed by atoms with Crippen LogP contribution in [0.15, 0.2) is 24.3 Å². The number of rotatable bonds is 4. The summed E-state index contributed by atoms with van der Waals surface area (Å²) in [6.07, 6.45) is -4.54. The van der Waals surface area contributed by atoms with Crippen LogP contribution in [0.3, 0.4) is 0 Å². The minimum absolute atomic E-state index is 0.188. The van der Waals surface area contributed by atoms with Gasteiger partial charge in [0.15, 0.2) is 0 Å². The fraction of sp³-hybridized carbons (Fsp3) is 0.417. The molecular formula is C12H13ClF3NO. The Balaban J connectivity index is 3.13. The molecule has 0 aliphatic heterocycles. The number of amides is 1. The largest absolute Gasteiger partial charge is 0.417 e. The van der Waals surface area contributed by atoms with Gasteiger partial charge in [-0.3, -0.25) is 4.79 Å². The number of hydrogen-bond acceptors (Lipinski definition) is 1. The lowest BCUT2D eigenvalue weighted by Gasteiger charge is -2.21. The molecule has 0 bridgehead atoms. The average Bonchev–Trinajstić information content (AvgIpc) is 2.34. The molecular weight excluding hydrogens is 267 g/mol. The average molecular weight is 280 g/mol. The highest BCUT2D eigenvalue weighted by Crippen LogP contribution is 2.32. The van der Waals surface area contributed by atoms with E-state index in [0.29, 0.717) is 6.54 Å². The summed E-state index contributed by atoms with van der Waals surface area (Å²) in [5.74, 6) is -0.459. The van der Waals surface area contributed by atoms with Gasteiger partial charge in [-0.05, 0) is 19.1 Å². The maximum Gasteiger partial charge on any atom is 0.417 e. The molecule has 6 heteroatoms. The number of alkyl halides is 4. The lowest BCUT2D eigenvalue weighted by molar-refractivity contribution is -0.138. The molecule has 100 valence electrons. The van der Waals surface area contributed by atoms with Crippen molar-refractivity contribution < 1.29 is 18.0 Å². The number of carbonyl (C=O) groups is 1. The summed E-state index contributed by atoms with van der Waals surface area (Å²) >= 11 is 5.52. The smallest absolute Gasteiger partial charge is 0.338 e. The minimum Gasteiger partial charge on any atom is -0.338 e. The minimum atomic E-state index is -4.54. The normalized spacial score (nSPS) is 11.4. The third-order valence-electron chi connectivity index (χ3n) is 2.49. The van der Waals surface area contributed by atoms with Gasteiger partial charge in [0.25, 0.3) is 5.91 Å². The number of nitrogens with zero attached hydrogens (tertiary/aromatic N) is 1. The highest BCUT2D eigenvalue weighted by Gasteiger charge is 2.35. The molecule has 0 atom stereocenters. The van der Waals surface area contributed by atoms with E-state index in [0.717, 1.165) is 6.07 Å². The van der Waals surface area contributed by atoms with E-state index in [1.807, 2.05) is 0 Å². The van der Waals surface area contributed by atoms with E-state index in [1.165, 1.54) is 23.1 Å². The SMILES string of the molecule is CCN(CCCl)C(=O)c1ccccc1C(F)(F)F. The summed E-state index contributed by atoms with van der Waals surface area (Å²) in [5.41, 5.74) is -1.25. The van der Waals surface area contributed by atoms with Crippen molar-refractivity contribution >= 4 is 17.5 Å². The molecule has 2 nitrogen and oxygen atoms in total. The molecule has 0 heterocycles. The predicted molar refractivity (Wildman–Crippen MR) is 63.7 cm³/mol. The van der Waals surface area contributed by atoms with Crippen LogP contribution in [0.2, 0.25) is 0 Å². The molecule has 0 unspecified atom stereocenters. The molecule has 0 N–H and O–H groups in total. The van der Waals surface area contributed by atoms with Gasteiger partial charge in [-0.1, -0.05) is 12.1 Å². The number of carbonyl (C=O) groups excluding carboxylic acids is 1. The zero-order valence-electron chi connectivity index (χ0n) is 9.80. The van der Waals surface area contributed by atoms with E-state index in [4.69, 9.17) is 11.6 Å². The van der Waals surface area contributed by atoms with E-state index in [-0.39, 0.29) is 18.0 Å². The molecule has 1 rings (SSSR count). The molecule has 1 amide bonds. The zero-order chi connectivity index (χ0) is 13.8. The number of hydrogen-bond donors (Lipinski definition) is 0. The summed E-state index contributed by atoms with van der Waals surface area (Å²) in [6, 6.07) is 4.76. The Morgan fingerprint density at radius 2 is 1.94 bits per heavy atom. The molecule has 1 aromatic carbocycles. The van der Waals surface area contributed by atoms with Gasteiger partial charge in [0, 0.05) is 19.0 Å². The van der Waals surface area contributed by atoms with Crippen LogP contribution in [0.25, 0.3) is 0 Å². The van der Waals surface area contributed by atoms with Crippen molar-refractivity contribution in [1.29, 1.82) is 0 Å². The molecule has 0 aliphatic rings. The highest BCUT2D eigenvalue weighted by molar-refractivity contribution is 6.18. The Bertz CT molecular complexity index is 420. The first-order valence-corrected chi connectivity index (χ1v) is 5.96. The predicted octanol–water partition coefficient (Wildman–Crippen LogP) is 3.41. The fourth-order valence-corrected chi connectivity index (χ4v) is 1.80. The molecule has 0 aromatic heterocycles. The van der Waals surface area contributed by atoms with Crippen LogP contribution in [-0.4, -0.2) is 29.8 Å². The fourth-order valence-electron chi connectivity index (χ4n) is 1.59. The van der Waals surface area contributed by atoms with Crippen molar-refractivity contribution in [2.45, 2.75) is 13.1 Å². The molecule has 0 aliphatic carbocycles. The van der Waals surface area contributed by atoms with E-state index in [2.05, 4.69) is 0 Å². The topological polar surface area (TPSA) is 20.3 Å². The van der Waals surface area contributed by atoms with Crippen LogP contribution in [0.5, 0.6) is 0 Å². The van der Waals surface area contributed by atoms with Crippen LogP contribution >= 0.6 is 11.6 Å². The number of benzene rings is 1. The Kier molecular flexibility index (Phi) is 5.02. The van der Waals surface area contributed by atoms with Gasteiger partial charge in [-0.25, -0.2) is 0 Å². The van der Waals surface area contributed by atoms with Gasteiger partial charge in [-0.2, -0.15) is 13.2 Å². The molecule has 18 heavy (non-hydrogen) atoms. The van der Waals surface area contributed by atoms with Gasteiger partial charge >= 0.3 is 6.18 Å².